The number of aliphatic hydroxyl groups excluding tert-OH is 1. The molecule has 3 aromatic rings. The fourth-order valence-corrected chi connectivity index (χ4v) is 4.81. The third kappa shape index (κ3) is 5.95. The number of hydrogen-bond acceptors (Lipinski definition) is 4. The number of aliphatic hydroxyl groups is 1. The van der Waals surface area contributed by atoms with E-state index >= 15 is 4.39 Å². The number of nitrogens with zero attached hydrogens (tertiary/aromatic N) is 2. The highest BCUT2D eigenvalue weighted by atomic mass is 19.1. The first kappa shape index (κ1) is 25.0. The Morgan fingerprint density at radius 3 is 2.71 bits per heavy atom. The molecular weight excluding hydrogens is 453 g/mol. The highest BCUT2D eigenvalue weighted by Gasteiger charge is 2.29. The topological polar surface area (TPSA) is 45.6 Å². The molecule has 1 saturated heterocycles. The van der Waals surface area contributed by atoms with Crippen molar-refractivity contribution in [3.05, 3.63) is 71.4 Å². The number of pyridine rings is 1. The number of methoxy groups -OCH3 is 1. The molecular formula is C28H29F3N2O2. The predicted molar refractivity (Wildman–Crippen MR) is 130 cm³/mol. The number of benzene rings is 2. The maximum absolute atomic E-state index is 15.3. The molecule has 184 valence electrons. The van der Waals surface area contributed by atoms with Crippen LogP contribution < -0.4 is 4.74 Å². The zero-order valence-electron chi connectivity index (χ0n) is 19.7. The van der Waals surface area contributed by atoms with Gasteiger partial charge in [0, 0.05) is 24.7 Å². The van der Waals surface area contributed by atoms with Crippen LogP contribution in [0.3, 0.4) is 0 Å². The second-order valence-electron chi connectivity index (χ2n) is 8.95. The summed E-state index contributed by atoms with van der Waals surface area (Å²) >= 11 is 0. The third-order valence-electron chi connectivity index (χ3n) is 6.80. The number of likely N-dealkylation sites (tertiary alicyclic amines) is 1. The van der Waals surface area contributed by atoms with E-state index in [2.05, 4.69) is 21.7 Å². The van der Waals surface area contributed by atoms with Gasteiger partial charge in [0.25, 0.3) is 0 Å². The number of halogens is 3. The molecule has 4 nitrogen and oxygen atoms in total. The van der Waals surface area contributed by atoms with Crippen LogP contribution in [0.5, 0.6) is 5.75 Å². The summed E-state index contributed by atoms with van der Waals surface area (Å²) in [7, 11) is 1.58. The second kappa shape index (κ2) is 11.6. The average molecular weight is 483 g/mol. The number of fused-ring (bicyclic) bond motifs is 1. The van der Waals surface area contributed by atoms with Gasteiger partial charge in [0.1, 0.15) is 23.6 Å². The van der Waals surface area contributed by atoms with Crippen LogP contribution >= 0.6 is 0 Å². The summed E-state index contributed by atoms with van der Waals surface area (Å²) in [6, 6.07) is 10.8. The van der Waals surface area contributed by atoms with E-state index in [0.29, 0.717) is 37.2 Å². The van der Waals surface area contributed by atoms with Gasteiger partial charge in [-0.15, -0.1) is 0 Å². The number of rotatable bonds is 7. The fourth-order valence-electron chi connectivity index (χ4n) is 4.81. The lowest BCUT2D eigenvalue weighted by Gasteiger charge is -2.37. The maximum atomic E-state index is 15.3. The molecule has 1 aliphatic heterocycles. The first-order chi connectivity index (χ1) is 17.0. The van der Waals surface area contributed by atoms with Gasteiger partial charge >= 0.3 is 0 Å². The van der Waals surface area contributed by atoms with Gasteiger partial charge in [-0.3, -0.25) is 9.88 Å². The van der Waals surface area contributed by atoms with Crippen LogP contribution in [0.15, 0.2) is 48.7 Å². The average Bonchev–Trinajstić information content (AvgIpc) is 2.88. The van der Waals surface area contributed by atoms with Gasteiger partial charge in [0.05, 0.1) is 24.7 Å². The molecule has 2 heterocycles. The highest BCUT2D eigenvalue weighted by molar-refractivity contribution is 5.83. The van der Waals surface area contributed by atoms with E-state index in [0.717, 1.165) is 23.9 Å². The summed E-state index contributed by atoms with van der Waals surface area (Å²) in [5.74, 6) is 4.93. The number of aromatic nitrogens is 1. The van der Waals surface area contributed by atoms with Crippen molar-refractivity contribution in [2.24, 2.45) is 11.8 Å². The molecule has 1 aromatic heterocycles. The quantitative estimate of drug-likeness (QED) is 0.465. The van der Waals surface area contributed by atoms with Crippen LogP contribution in [-0.2, 0) is 0 Å². The first-order valence-corrected chi connectivity index (χ1v) is 11.8. The van der Waals surface area contributed by atoms with Crippen LogP contribution in [0.25, 0.3) is 10.9 Å². The van der Waals surface area contributed by atoms with Crippen LogP contribution in [0, 0.1) is 35.3 Å². The minimum absolute atomic E-state index is 0.00257. The van der Waals surface area contributed by atoms with E-state index in [4.69, 9.17) is 4.74 Å². The molecule has 0 aliphatic carbocycles. The highest BCUT2D eigenvalue weighted by Crippen LogP contribution is 2.35. The van der Waals surface area contributed by atoms with Gasteiger partial charge in [-0.1, -0.05) is 17.9 Å². The first-order valence-electron chi connectivity index (χ1n) is 11.8. The Balaban J connectivity index is 1.35. The van der Waals surface area contributed by atoms with Crippen LogP contribution in [-0.4, -0.2) is 48.3 Å². The van der Waals surface area contributed by atoms with Gasteiger partial charge in [-0.2, -0.15) is 0 Å². The molecule has 7 heteroatoms. The summed E-state index contributed by atoms with van der Waals surface area (Å²) in [6.45, 7) is 1.71. The maximum Gasteiger partial charge on any atom is 0.141 e. The number of hydrogen-bond donors (Lipinski definition) is 1. The Hall–Kier alpha value is -3.08. The molecule has 1 N–H and O–H groups in total. The Bertz CT molecular complexity index is 1200. The minimum Gasteiger partial charge on any atom is -0.497 e. The number of piperidine rings is 1. The van der Waals surface area contributed by atoms with Gasteiger partial charge in [-0.05, 0) is 79.6 Å². The van der Waals surface area contributed by atoms with E-state index in [1.54, 1.807) is 19.4 Å². The molecule has 4 rings (SSSR count). The monoisotopic (exact) mass is 482 g/mol. The van der Waals surface area contributed by atoms with Crippen molar-refractivity contribution in [2.75, 3.05) is 33.4 Å². The SMILES string of the molecule is COc1ccc2nccc([C@H](F)CC[C@@H]3CCN(CC#Cc4c(F)cccc4F)C[C@@H]3CO)c2c1. The lowest BCUT2D eigenvalue weighted by molar-refractivity contribution is 0.0708. The van der Waals surface area contributed by atoms with Crippen molar-refractivity contribution in [1.29, 1.82) is 0 Å². The molecule has 3 atom stereocenters. The molecule has 0 saturated carbocycles. The Morgan fingerprint density at radius 2 is 1.97 bits per heavy atom. The lowest BCUT2D eigenvalue weighted by atomic mass is 9.81. The van der Waals surface area contributed by atoms with E-state index in [9.17, 15) is 13.9 Å². The summed E-state index contributed by atoms with van der Waals surface area (Å²) in [5.41, 5.74) is 1.10. The van der Waals surface area contributed by atoms with Crippen LogP contribution in [0.2, 0.25) is 0 Å². The summed E-state index contributed by atoms with van der Waals surface area (Å²) < 4.78 is 48.1. The molecule has 35 heavy (non-hydrogen) atoms. The van der Waals surface area contributed by atoms with Crippen molar-refractivity contribution < 1.29 is 23.0 Å². The summed E-state index contributed by atoms with van der Waals surface area (Å²) in [4.78, 5) is 6.39. The second-order valence-corrected chi connectivity index (χ2v) is 8.95. The zero-order valence-corrected chi connectivity index (χ0v) is 19.7. The van der Waals surface area contributed by atoms with Gasteiger partial charge < -0.3 is 9.84 Å². The normalized spacial score (nSPS) is 19.2. The van der Waals surface area contributed by atoms with E-state index in [1.165, 1.54) is 18.2 Å². The zero-order chi connectivity index (χ0) is 24.8. The number of ether oxygens (including phenoxy) is 1. The Kier molecular flexibility index (Phi) is 8.27. The molecule has 1 aliphatic rings. The van der Waals surface area contributed by atoms with Crippen molar-refractivity contribution in [3.63, 3.8) is 0 Å². The third-order valence-corrected chi connectivity index (χ3v) is 6.80. The summed E-state index contributed by atoms with van der Waals surface area (Å²) in [5, 5.41) is 10.7. The molecule has 0 bridgehead atoms. The van der Waals surface area contributed by atoms with Crippen molar-refractivity contribution in [2.45, 2.75) is 25.4 Å². The van der Waals surface area contributed by atoms with Crippen LogP contribution in [0.1, 0.15) is 36.6 Å². The predicted octanol–water partition coefficient (Wildman–Crippen LogP) is 5.29. The minimum atomic E-state index is -1.15. The van der Waals surface area contributed by atoms with Gasteiger partial charge in [0.15, 0.2) is 0 Å². The standard InChI is InChI=1S/C28H29F3N2O2/c1-35-21-8-10-28-24(16-21)22(11-13-32-28)27(31)9-7-19-12-15-33(17-20(19)18-34)14-3-4-23-25(29)5-2-6-26(23)30/h2,5-6,8,10-11,13,16,19-20,27,34H,7,9,12,14-15,17-18H2,1H3/t19-,20-,27-/m1/s1. The van der Waals surface area contributed by atoms with Crippen LogP contribution in [0.4, 0.5) is 13.2 Å². The van der Waals surface area contributed by atoms with E-state index in [-0.39, 0.29) is 24.0 Å². The van der Waals surface area contributed by atoms with Gasteiger partial charge in [0.2, 0.25) is 0 Å². The number of alkyl halides is 1. The summed E-state index contributed by atoms with van der Waals surface area (Å²) in [6.07, 6.45) is 2.29. The molecule has 1 fully saturated rings. The Morgan fingerprint density at radius 1 is 1.17 bits per heavy atom. The molecule has 0 unspecified atom stereocenters. The van der Waals surface area contributed by atoms with Crippen molar-refractivity contribution >= 4 is 10.9 Å². The van der Waals surface area contributed by atoms with Crippen molar-refractivity contribution in [3.8, 4) is 17.6 Å². The Labute approximate surface area is 203 Å². The molecule has 0 amide bonds. The van der Waals surface area contributed by atoms with E-state index in [1.807, 2.05) is 18.2 Å². The van der Waals surface area contributed by atoms with Gasteiger partial charge in [-0.25, -0.2) is 13.2 Å². The molecule has 0 radical (unpaired) electrons. The molecule has 0 spiro atoms. The largest absolute Gasteiger partial charge is 0.497 e. The fraction of sp³-hybridized carbons (Fsp3) is 0.393. The lowest BCUT2D eigenvalue weighted by Crippen LogP contribution is -2.42. The smallest absolute Gasteiger partial charge is 0.141 e. The molecule has 2 aromatic carbocycles. The van der Waals surface area contributed by atoms with E-state index < -0.39 is 17.8 Å². The van der Waals surface area contributed by atoms with Crippen molar-refractivity contribution in [1.82, 2.24) is 9.88 Å².